The quantitative estimate of drug-likeness (QED) is 0.561. The molecule has 0 spiro atoms. The third-order valence-electron chi connectivity index (χ3n) is 2.47. The van der Waals surface area contributed by atoms with Crippen LogP contribution in [0.4, 0.5) is 0 Å². The van der Waals surface area contributed by atoms with E-state index in [-0.39, 0.29) is 5.04 Å². The first-order valence-corrected chi connectivity index (χ1v) is 11.5. The van der Waals surface area contributed by atoms with Crippen LogP contribution in [0.1, 0.15) is 27.7 Å². The predicted octanol–water partition coefficient (Wildman–Crippen LogP) is 4.07. The number of rotatable bonds is 3. The molecular formula is C10H21ClOSiZn. The molecule has 0 saturated carbocycles. The van der Waals surface area contributed by atoms with Gasteiger partial charge in [0.25, 0.3) is 0 Å². The van der Waals surface area contributed by atoms with E-state index in [9.17, 15) is 0 Å². The van der Waals surface area contributed by atoms with E-state index in [0.717, 1.165) is 22.9 Å². The predicted molar refractivity (Wildman–Crippen MR) is 62.5 cm³/mol. The van der Waals surface area contributed by atoms with E-state index < -0.39 is 8.32 Å². The normalized spacial score (nSPS) is 11.8. The van der Waals surface area contributed by atoms with Gasteiger partial charge in [0.15, 0.2) is 8.32 Å². The van der Waals surface area contributed by atoms with Crippen LogP contribution in [0.5, 0.6) is 0 Å². The molecule has 0 fully saturated rings. The Morgan fingerprint density at radius 2 is 1.71 bits per heavy atom. The van der Waals surface area contributed by atoms with Gasteiger partial charge in [0.05, 0.1) is 0 Å². The van der Waals surface area contributed by atoms with Gasteiger partial charge < -0.3 is 11.0 Å². The maximum atomic E-state index is 5.83. The molecule has 0 N–H and O–H groups in total. The molecule has 0 aromatic carbocycles. The molecule has 0 aliphatic heterocycles. The molecule has 0 bridgehead atoms. The minimum absolute atomic E-state index is 0.280. The summed E-state index contributed by atoms with van der Waals surface area (Å²) in [5, 5.41) is 0.280. The Hall–Kier alpha value is 0.830. The van der Waals surface area contributed by atoms with Crippen molar-refractivity contribution in [2.24, 2.45) is 0 Å². The average Bonchev–Trinajstić information content (AvgIpc) is 2.03. The first-order chi connectivity index (χ1) is 6.17. The summed E-state index contributed by atoms with van der Waals surface area (Å²) >= 11 is 0.847. The molecule has 4 heteroatoms. The second-order valence-corrected chi connectivity index (χ2v) is 9.70. The standard InChI is InChI=1S/C10H21OSi.ClH.Zn/c1-9(2)8-11-12(6,7)10(3,4)5;;/h1H,8H2,2-7H3;1H;/q-1;;+2/p-1. The van der Waals surface area contributed by atoms with Crippen LogP contribution < -0.4 is 0 Å². The van der Waals surface area contributed by atoms with Crippen molar-refractivity contribution in [2.75, 3.05) is 6.61 Å². The summed E-state index contributed by atoms with van der Waals surface area (Å²) in [5.74, 6) is 0. The van der Waals surface area contributed by atoms with Crippen LogP contribution in [0.15, 0.2) is 5.57 Å². The summed E-state index contributed by atoms with van der Waals surface area (Å²) in [7, 11) is 3.20. The van der Waals surface area contributed by atoms with Gasteiger partial charge in [-0.3, -0.25) is 0 Å². The Kier molecular flexibility index (Phi) is 8.81. The first kappa shape index (κ1) is 17.2. The third kappa shape index (κ3) is 7.17. The molecule has 0 aromatic rings. The third-order valence-corrected chi connectivity index (χ3v) is 6.95. The van der Waals surface area contributed by atoms with E-state index in [1.807, 2.05) is 6.92 Å². The molecule has 1 nitrogen and oxygen atoms in total. The molecule has 0 aliphatic rings. The summed E-state index contributed by atoms with van der Waals surface area (Å²) in [6, 6.07) is 0. The summed E-state index contributed by atoms with van der Waals surface area (Å²) in [6.45, 7) is 19.2. The Labute approximate surface area is 104 Å². The molecule has 0 radical (unpaired) electrons. The van der Waals surface area contributed by atoms with Gasteiger partial charge in [-0.05, 0) is 18.1 Å². The van der Waals surface area contributed by atoms with Crippen LogP contribution in [0.2, 0.25) is 18.1 Å². The van der Waals surface area contributed by atoms with Gasteiger partial charge in [0, 0.05) is 6.61 Å². The van der Waals surface area contributed by atoms with Crippen molar-refractivity contribution in [3.8, 4) is 0 Å². The summed E-state index contributed by atoms with van der Waals surface area (Å²) in [5.41, 5.74) is 0.861. The Balaban J connectivity index is 0. The summed E-state index contributed by atoms with van der Waals surface area (Å²) in [4.78, 5) is 0. The molecule has 0 aromatic heterocycles. The minimum atomic E-state index is -1.57. The molecule has 0 rings (SSSR count). The molecule has 0 atom stereocenters. The Morgan fingerprint density at radius 1 is 1.36 bits per heavy atom. The zero-order valence-electron chi connectivity index (χ0n) is 10.3. The first-order valence-electron chi connectivity index (χ1n) is 4.65. The number of hydrogen-bond donors (Lipinski definition) is 0. The van der Waals surface area contributed by atoms with Crippen molar-refractivity contribution in [3.63, 3.8) is 0 Å². The molecule has 0 unspecified atom stereocenters. The fraction of sp³-hybridized carbons (Fsp3) is 0.800. The van der Waals surface area contributed by atoms with Crippen molar-refractivity contribution < 1.29 is 21.7 Å². The van der Waals surface area contributed by atoms with Crippen molar-refractivity contribution in [3.05, 3.63) is 12.2 Å². The van der Waals surface area contributed by atoms with Crippen molar-refractivity contribution >= 4 is 18.0 Å². The van der Waals surface area contributed by atoms with Crippen LogP contribution >= 0.6 is 9.69 Å². The molecule has 0 saturated heterocycles. The van der Waals surface area contributed by atoms with E-state index in [2.05, 4.69) is 33.9 Å². The Bertz CT molecular complexity index is 175. The van der Waals surface area contributed by atoms with Gasteiger partial charge in [-0.15, -0.1) is 0 Å². The van der Waals surface area contributed by atoms with Gasteiger partial charge in [-0.25, -0.2) is 5.57 Å². The fourth-order valence-corrected chi connectivity index (χ4v) is 1.53. The molecule has 0 aliphatic carbocycles. The van der Waals surface area contributed by atoms with Crippen LogP contribution in [0.25, 0.3) is 0 Å². The number of hydrogen-bond acceptors (Lipinski definition) is 1. The SMILES string of the molecule is [CH-]=C(C)CO[Si](C)(C)C(C)(C)C.[Cl][Zn+]. The van der Waals surface area contributed by atoms with E-state index >= 15 is 0 Å². The monoisotopic (exact) mass is 284 g/mol. The van der Waals surface area contributed by atoms with Gasteiger partial charge in [0.1, 0.15) is 0 Å². The molecule has 80 valence electrons. The summed E-state index contributed by atoms with van der Waals surface area (Å²) in [6.07, 6.45) is 0. The topological polar surface area (TPSA) is 9.23 Å². The van der Waals surface area contributed by atoms with Gasteiger partial charge in [0.2, 0.25) is 0 Å². The van der Waals surface area contributed by atoms with Crippen molar-refractivity contribution in [1.82, 2.24) is 0 Å². The summed E-state index contributed by atoms with van der Waals surface area (Å²) < 4.78 is 5.83. The molecule has 0 heterocycles. The zero-order chi connectivity index (χ0) is 12.0. The number of halogens is 1. The Morgan fingerprint density at radius 3 is 1.93 bits per heavy atom. The molecule has 0 amide bonds. The van der Waals surface area contributed by atoms with Gasteiger partial charge >= 0.3 is 27.0 Å². The van der Waals surface area contributed by atoms with Gasteiger partial charge in [-0.2, -0.15) is 0 Å². The van der Waals surface area contributed by atoms with Crippen molar-refractivity contribution in [1.29, 1.82) is 0 Å². The molecule has 14 heavy (non-hydrogen) atoms. The van der Waals surface area contributed by atoms with E-state index in [4.69, 9.17) is 20.7 Å². The van der Waals surface area contributed by atoms with Gasteiger partial charge in [-0.1, -0.05) is 27.7 Å². The van der Waals surface area contributed by atoms with Crippen LogP contribution in [-0.4, -0.2) is 14.9 Å². The average molecular weight is 286 g/mol. The molecular weight excluding hydrogens is 265 g/mol. The van der Waals surface area contributed by atoms with Crippen LogP contribution in [0, 0.1) is 6.58 Å². The van der Waals surface area contributed by atoms with E-state index in [1.165, 1.54) is 0 Å². The maximum absolute atomic E-state index is 5.83. The fourth-order valence-electron chi connectivity index (χ4n) is 0.511. The second kappa shape index (κ2) is 7.16. The second-order valence-electron chi connectivity index (χ2n) is 4.90. The zero-order valence-corrected chi connectivity index (χ0v) is 15.0. The van der Waals surface area contributed by atoms with Crippen LogP contribution in [-0.2, 0) is 21.7 Å². The van der Waals surface area contributed by atoms with E-state index in [1.54, 1.807) is 0 Å². The van der Waals surface area contributed by atoms with Crippen LogP contribution in [0.3, 0.4) is 0 Å². The van der Waals surface area contributed by atoms with E-state index in [0.29, 0.717) is 6.61 Å². The van der Waals surface area contributed by atoms with Crippen molar-refractivity contribution in [2.45, 2.75) is 45.8 Å².